The summed E-state index contributed by atoms with van der Waals surface area (Å²) in [6.07, 6.45) is 0. The molecule has 1 amide bonds. The first-order valence-electron chi connectivity index (χ1n) is 6.64. The molecule has 0 radical (unpaired) electrons. The minimum Gasteiger partial charge on any atom is -0.298 e. The Morgan fingerprint density at radius 1 is 1.23 bits per heavy atom. The van der Waals surface area contributed by atoms with Crippen LogP contribution in [0.1, 0.15) is 29.9 Å². The third kappa shape index (κ3) is 4.12. The predicted octanol–water partition coefficient (Wildman–Crippen LogP) is 2.39. The van der Waals surface area contributed by atoms with E-state index >= 15 is 0 Å². The summed E-state index contributed by atoms with van der Waals surface area (Å²) in [7, 11) is -3.55. The van der Waals surface area contributed by atoms with Gasteiger partial charge in [0.1, 0.15) is 0 Å². The van der Waals surface area contributed by atoms with E-state index in [1.54, 1.807) is 13.8 Å². The van der Waals surface area contributed by atoms with Gasteiger partial charge >= 0.3 is 0 Å². The highest BCUT2D eigenvalue weighted by Crippen LogP contribution is 2.17. The summed E-state index contributed by atoms with van der Waals surface area (Å²) in [4.78, 5) is 16.3. The molecule has 2 N–H and O–H groups in total. The van der Waals surface area contributed by atoms with E-state index in [0.29, 0.717) is 10.7 Å². The molecule has 1 heterocycles. The summed E-state index contributed by atoms with van der Waals surface area (Å²) in [5.41, 5.74) is 1.21. The molecule has 2 aromatic rings. The molecule has 0 bridgehead atoms. The van der Waals surface area contributed by atoms with Crippen LogP contribution in [0.15, 0.2) is 34.5 Å². The molecule has 6 nitrogen and oxygen atoms in total. The second-order valence-corrected chi connectivity index (χ2v) is 7.62. The topological polar surface area (TPSA) is 88.2 Å². The van der Waals surface area contributed by atoms with Crippen molar-refractivity contribution in [2.24, 2.45) is 0 Å². The lowest BCUT2D eigenvalue weighted by Crippen LogP contribution is -2.30. The van der Waals surface area contributed by atoms with Crippen LogP contribution in [-0.2, 0) is 10.0 Å². The van der Waals surface area contributed by atoms with Gasteiger partial charge in [-0.1, -0.05) is 0 Å². The summed E-state index contributed by atoms with van der Waals surface area (Å²) in [6, 6.07) is 5.58. The first kappa shape index (κ1) is 16.6. The van der Waals surface area contributed by atoms with Crippen molar-refractivity contribution >= 4 is 32.4 Å². The van der Waals surface area contributed by atoms with Crippen molar-refractivity contribution < 1.29 is 13.2 Å². The fraction of sp³-hybridized carbons (Fsp3) is 0.286. The Labute approximate surface area is 133 Å². The van der Waals surface area contributed by atoms with E-state index in [0.717, 1.165) is 5.69 Å². The molecule has 118 valence electrons. The van der Waals surface area contributed by atoms with E-state index in [9.17, 15) is 13.2 Å². The average molecular weight is 339 g/mol. The Morgan fingerprint density at radius 2 is 1.86 bits per heavy atom. The van der Waals surface area contributed by atoms with Gasteiger partial charge in [0.25, 0.3) is 5.91 Å². The van der Waals surface area contributed by atoms with E-state index in [4.69, 9.17) is 0 Å². The van der Waals surface area contributed by atoms with Gasteiger partial charge < -0.3 is 0 Å². The van der Waals surface area contributed by atoms with Crippen molar-refractivity contribution in [2.45, 2.75) is 31.7 Å². The van der Waals surface area contributed by atoms with Crippen LogP contribution in [0, 0.1) is 6.92 Å². The van der Waals surface area contributed by atoms with Crippen LogP contribution in [0.3, 0.4) is 0 Å². The van der Waals surface area contributed by atoms with Crippen molar-refractivity contribution in [3.05, 3.63) is 40.9 Å². The van der Waals surface area contributed by atoms with Gasteiger partial charge in [0.2, 0.25) is 10.0 Å². The SMILES string of the molecule is Cc1csc(NC(=O)c2ccc(S(=O)(=O)NC(C)C)cc2)n1. The number of rotatable bonds is 5. The van der Waals surface area contributed by atoms with Crippen molar-refractivity contribution in [3.8, 4) is 0 Å². The maximum atomic E-state index is 12.1. The normalized spacial score (nSPS) is 11.6. The molecule has 0 atom stereocenters. The molecule has 0 saturated heterocycles. The van der Waals surface area contributed by atoms with Gasteiger partial charge in [-0.05, 0) is 45.0 Å². The Hall–Kier alpha value is -1.77. The van der Waals surface area contributed by atoms with E-state index in [2.05, 4.69) is 15.0 Å². The second kappa shape index (κ2) is 6.55. The number of carbonyl (C=O) groups excluding carboxylic acids is 1. The van der Waals surface area contributed by atoms with Crippen LogP contribution in [0.2, 0.25) is 0 Å². The van der Waals surface area contributed by atoms with Gasteiger partial charge in [0.15, 0.2) is 5.13 Å². The van der Waals surface area contributed by atoms with Gasteiger partial charge in [-0.3, -0.25) is 10.1 Å². The smallest absolute Gasteiger partial charge is 0.257 e. The van der Waals surface area contributed by atoms with Gasteiger partial charge in [-0.2, -0.15) is 0 Å². The summed E-state index contributed by atoms with van der Waals surface area (Å²) in [6.45, 7) is 5.33. The number of nitrogens with one attached hydrogen (secondary N) is 2. The maximum absolute atomic E-state index is 12.1. The Kier molecular flexibility index (Phi) is 4.94. The number of sulfonamides is 1. The molecule has 1 aromatic carbocycles. The van der Waals surface area contributed by atoms with Gasteiger partial charge in [0, 0.05) is 17.0 Å². The average Bonchev–Trinajstić information content (AvgIpc) is 2.83. The van der Waals surface area contributed by atoms with Crippen LogP contribution in [0.5, 0.6) is 0 Å². The van der Waals surface area contributed by atoms with E-state index in [-0.39, 0.29) is 16.8 Å². The first-order chi connectivity index (χ1) is 10.3. The van der Waals surface area contributed by atoms with Crippen LogP contribution in [-0.4, -0.2) is 25.4 Å². The van der Waals surface area contributed by atoms with Crippen molar-refractivity contribution in [3.63, 3.8) is 0 Å². The van der Waals surface area contributed by atoms with Crippen molar-refractivity contribution in [1.82, 2.24) is 9.71 Å². The van der Waals surface area contributed by atoms with Crippen molar-refractivity contribution in [1.29, 1.82) is 0 Å². The zero-order valence-corrected chi connectivity index (χ0v) is 14.1. The lowest BCUT2D eigenvalue weighted by molar-refractivity contribution is 0.102. The largest absolute Gasteiger partial charge is 0.298 e. The molecule has 0 fully saturated rings. The fourth-order valence-corrected chi connectivity index (χ4v) is 3.68. The zero-order chi connectivity index (χ0) is 16.3. The number of carbonyl (C=O) groups is 1. The molecule has 0 saturated carbocycles. The molecule has 1 aromatic heterocycles. The third-order valence-electron chi connectivity index (χ3n) is 2.66. The monoisotopic (exact) mass is 339 g/mol. The van der Waals surface area contributed by atoms with Crippen LogP contribution in [0.4, 0.5) is 5.13 Å². The molecular weight excluding hydrogens is 322 g/mol. The van der Waals surface area contributed by atoms with Gasteiger partial charge in [-0.15, -0.1) is 11.3 Å². The molecule has 0 aliphatic rings. The molecule has 0 unspecified atom stereocenters. The standard InChI is InChI=1S/C14H17N3O3S2/c1-9(2)17-22(19,20)12-6-4-11(5-7-12)13(18)16-14-15-10(3)8-21-14/h4-9,17H,1-3H3,(H,15,16,18). The number of nitrogens with zero attached hydrogens (tertiary/aromatic N) is 1. The molecule has 0 aliphatic heterocycles. The van der Waals surface area contributed by atoms with E-state index in [1.165, 1.54) is 35.6 Å². The summed E-state index contributed by atoms with van der Waals surface area (Å²) < 4.78 is 26.5. The third-order valence-corrected chi connectivity index (χ3v) is 5.21. The summed E-state index contributed by atoms with van der Waals surface area (Å²) >= 11 is 1.34. The van der Waals surface area contributed by atoms with Crippen molar-refractivity contribution in [2.75, 3.05) is 5.32 Å². The number of hydrogen-bond acceptors (Lipinski definition) is 5. The van der Waals surface area contributed by atoms with E-state index < -0.39 is 10.0 Å². The molecule has 2 rings (SSSR count). The highest BCUT2D eigenvalue weighted by Gasteiger charge is 2.16. The zero-order valence-electron chi connectivity index (χ0n) is 12.5. The highest BCUT2D eigenvalue weighted by atomic mass is 32.2. The predicted molar refractivity (Wildman–Crippen MR) is 86.7 cm³/mol. The fourth-order valence-electron chi connectivity index (χ4n) is 1.74. The first-order valence-corrected chi connectivity index (χ1v) is 9.00. The lowest BCUT2D eigenvalue weighted by atomic mass is 10.2. The minimum absolute atomic E-state index is 0.128. The second-order valence-electron chi connectivity index (χ2n) is 5.05. The number of anilines is 1. The Balaban J connectivity index is 2.13. The summed E-state index contributed by atoms with van der Waals surface area (Å²) in [5, 5.41) is 5.02. The lowest BCUT2D eigenvalue weighted by Gasteiger charge is -2.09. The molecule has 22 heavy (non-hydrogen) atoms. The number of aromatic nitrogens is 1. The van der Waals surface area contributed by atoms with Crippen LogP contribution in [0.25, 0.3) is 0 Å². The van der Waals surface area contributed by atoms with Gasteiger partial charge in [-0.25, -0.2) is 18.1 Å². The summed E-state index contributed by atoms with van der Waals surface area (Å²) in [5.74, 6) is -0.324. The Bertz CT molecular complexity index is 765. The van der Waals surface area contributed by atoms with Crippen LogP contribution >= 0.6 is 11.3 Å². The quantitative estimate of drug-likeness (QED) is 0.875. The minimum atomic E-state index is -3.55. The number of benzene rings is 1. The number of thiazole rings is 1. The highest BCUT2D eigenvalue weighted by molar-refractivity contribution is 7.89. The molecule has 8 heteroatoms. The maximum Gasteiger partial charge on any atom is 0.257 e. The number of hydrogen-bond donors (Lipinski definition) is 2. The molecule has 0 aliphatic carbocycles. The van der Waals surface area contributed by atoms with E-state index in [1.807, 2.05) is 12.3 Å². The molecule has 0 spiro atoms. The van der Waals surface area contributed by atoms with Gasteiger partial charge in [0.05, 0.1) is 10.6 Å². The number of aryl methyl sites for hydroxylation is 1. The molecular formula is C14H17N3O3S2. The van der Waals surface area contributed by atoms with Crippen LogP contribution < -0.4 is 10.0 Å². The Morgan fingerprint density at radius 3 is 2.36 bits per heavy atom. The number of amides is 1.